The zero-order chi connectivity index (χ0) is 13.1. The van der Waals surface area contributed by atoms with Crippen LogP contribution in [0.1, 0.15) is 31.2 Å². The van der Waals surface area contributed by atoms with Crippen LogP contribution >= 0.6 is 11.6 Å². The van der Waals surface area contributed by atoms with Crippen LogP contribution in [-0.4, -0.2) is 11.1 Å². The van der Waals surface area contributed by atoms with Gasteiger partial charge in [0.2, 0.25) is 0 Å². The van der Waals surface area contributed by atoms with E-state index in [4.69, 9.17) is 26.5 Å². The van der Waals surface area contributed by atoms with E-state index >= 15 is 0 Å². The summed E-state index contributed by atoms with van der Waals surface area (Å²) < 4.78 is 10.9. The van der Waals surface area contributed by atoms with Crippen molar-refractivity contribution >= 4 is 11.6 Å². The van der Waals surface area contributed by atoms with Gasteiger partial charge < -0.3 is 14.9 Å². The molecule has 0 aliphatic heterocycles. The number of halogens is 1. The van der Waals surface area contributed by atoms with Gasteiger partial charge in [0, 0.05) is 6.20 Å². The molecule has 0 aromatic carbocycles. The van der Waals surface area contributed by atoms with Gasteiger partial charge in [-0.05, 0) is 49.2 Å². The summed E-state index contributed by atoms with van der Waals surface area (Å²) in [5.74, 6) is 1.29. The van der Waals surface area contributed by atoms with Crippen molar-refractivity contribution in [1.82, 2.24) is 4.98 Å². The van der Waals surface area contributed by atoms with Crippen LogP contribution in [0.25, 0.3) is 0 Å². The minimum atomic E-state index is -0.402. The Hall–Kier alpha value is -1.52. The van der Waals surface area contributed by atoms with E-state index in [0.29, 0.717) is 16.7 Å². The molecule has 0 spiro atoms. The Morgan fingerprint density at radius 1 is 1.33 bits per heavy atom. The Morgan fingerprint density at radius 3 is 2.72 bits per heavy atom. The molecule has 2 rings (SSSR count). The highest BCUT2D eigenvalue weighted by Gasteiger charge is 2.14. The van der Waals surface area contributed by atoms with Crippen molar-refractivity contribution in [3.63, 3.8) is 0 Å². The van der Waals surface area contributed by atoms with Crippen LogP contribution < -0.4 is 10.5 Å². The lowest BCUT2D eigenvalue weighted by molar-refractivity contribution is 0.241. The van der Waals surface area contributed by atoms with Gasteiger partial charge in [-0.15, -0.1) is 0 Å². The molecule has 0 saturated carbocycles. The molecule has 0 aliphatic rings. The summed E-state index contributed by atoms with van der Waals surface area (Å²) in [6, 6.07) is 4.87. The van der Waals surface area contributed by atoms with Gasteiger partial charge in [0.15, 0.2) is 5.22 Å². The van der Waals surface area contributed by atoms with Gasteiger partial charge in [-0.1, -0.05) is 0 Å². The van der Waals surface area contributed by atoms with E-state index in [-0.39, 0.29) is 6.10 Å². The quantitative estimate of drug-likeness (QED) is 0.923. The lowest BCUT2D eigenvalue weighted by Gasteiger charge is -2.13. The topological polar surface area (TPSA) is 61.3 Å². The predicted octanol–water partition coefficient (Wildman–Crippen LogP) is 3.16. The molecule has 1 atom stereocenters. The summed E-state index contributed by atoms with van der Waals surface area (Å²) in [6.45, 7) is 3.91. The van der Waals surface area contributed by atoms with E-state index < -0.39 is 6.04 Å². The van der Waals surface area contributed by atoms with Crippen molar-refractivity contribution in [1.29, 1.82) is 0 Å². The Morgan fingerprint density at radius 2 is 2.11 bits per heavy atom. The van der Waals surface area contributed by atoms with Crippen molar-refractivity contribution < 1.29 is 9.15 Å². The van der Waals surface area contributed by atoms with E-state index in [1.54, 1.807) is 24.5 Å². The molecule has 0 bridgehead atoms. The average Bonchev–Trinajstić information content (AvgIpc) is 2.74. The Bertz CT molecular complexity index is 525. The van der Waals surface area contributed by atoms with Crippen LogP contribution in [0.2, 0.25) is 5.22 Å². The third-order valence-corrected chi connectivity index (χ3v) is 2.57. The summed E-state index contributed by atoms with van der Waals surface area (Å²) in [5.41, 5.74) is 6.90. The van der Waals surface area contributed by atoms with Gasteiger partial charge in [-0.25, -0.2) is 0 Å². The minimum Gasteiger partial charge on any atom is -0.489 e. The molecule has 5 heteroatoms. The van der Waals surface area contributed by atoms with Crippen molar-refractivity contribution in [2.45, 2.75) is 26.0 Å². The molecule has 18 heavy (non-hydrogen) atoms. The van der Waals surface area contributed by atoms with Crippen molar-refractivity contribution in [2.24, 2.45) is 5.73 Å². The number of pyridine rings is 1. The Balaban J connectivity index is 2.22. The summed E-state index contributed by atoms with van der Waals surface area (Å²) in [5, 5.41) is 0.322. The van der Waals surface area contributed by atoms with Gasteiger partial charge in [0.1, 0.15) is 11.5 Å². The standard InChI is InChI=1S/C13H15ClN2O2/c1-8(2)17-10-5-9(6-16-7-10)13(15)11-3-4-12(14)18-11/h3-8,13H,15H2,1-2H3. The van der Waals surface area contributed by atoms with Gasteiger partial charge in [0.25, 0.3) is 0 Å². The molecule has 2 aromatic rings. The summed E-state index contributed by atoms with van der Waals surface area (Å²) in [7, 11) is 0. The second kappa shape index (κ2) is 5.42. The summed E-state index contributed by atoms with van der Waals surface area (Å²) in [6.07, 6.45) is 3.44. The fraction of sp³-hybridized carbons (Fsp3) is 0.308. The number of rotatable bonds is 4. The molecular weight excluding hydrogens is 252 g/mol. The molecule has 0 amide bonds. The number of aromatic nitrogens is 1. The summed E-state index contributed by atoms with van der Waals surface area (Å²) >= 11 is 5.73. The van der Waals surface area contributed by atoms with Crippen molar-refractivity contribution in [3.05, 3.63) is 47.1 Å². The predicted molar refractivity (Wildman–Crippen MR) is 69.7 cm³/mol. The van der Waals surface area contributed by atoms with Crippen LogP contribution in [0.5, 0.6) is 5.75 Å². The Kier molecular flexibility index (Phi) is 3.89. The maximum absolute atomic E-state index is 6.08. The largest absolute Gasteiger partial charge is 0.489 e. The normalized spacial score (nSPS) is 12.7. The second-order valence-corrected chi connectivity index (χ2v) is 4.61. The molecule has 4 nitrogen and oxygen atoms in total. The van der Waals surface area contributed by atoms with Gasteiger partial charge in [-0.3, -0.25) is 4.98 Å². The molecule has 0 aliphatic carbocycles. The number of nitrogens with two attached hydrogens (primary N) is 1. The maximum atomic E-state index is 6.08. The van der Waals surface area contributed by atoms with Gasteiger partial charge >= 0.3 is 0 Å². The molecule has 0 radical (unpaired) electrons. The van der Waals surface area contributed by atoms with Gasteiger partial charge in [-0.2, -0.15) is 0 Å². The molecule has 0 fully saturated rings. The third kappa shape index (κ3) is 3.03. The van der Waals surface area contributed by atoms with Crippen LogP contribution in [0.15, 0.2) is 35.0 Å². The van der Waals surface area contributed by atoms with E-state index in [1.807, 2.05) is 19.9 Å². The number of hydrogen-bond donors (Lipinski definition) is 1. The molecule has 1 unspecified atom stereocenters. The zero-order valence-corrected chi connectivity index (χ0v) is 11.0. The highest BCUT2D eigenvalue weighted by molar-refractivity contribution is 6.28. The number of hydrogen-bond acceptors (Lipinski definition) is 4. The molecule has 0 saturated heterocycles. The smallest absolute Gasteiger partial charge is 0.193 e. The highest BCUT2D eigenvalue weighted by atomic mass is 35.5. The first kappa shape index (κ1) is 12.9. The van der Waals surface area contributed by atoms with Crippen LogP contribution in [0, 0.1) is 0 Å². The van der Waals surface area contributed by atoms with E-state index in [1.165, 1.54) is 0 Å². The van der Waals surface area contributed by atoms with E-state index in [0.717, 1.165) is 5.56 Å². The molecular formula is C13H15ClN2O2. The highest BCUT2D eigenvalue weighted by Crippen LogP contribution is 2.25. The summed E-state index contributed by atoms with van der Waals surface area (Å²) in [4.78, 5) is 4.11. The Labute approximate surface area is 111 Å². The first-order valence-corrected chi connectivity index (χ1v) is 6.06. The van der Waals surface area contributed by atoms with E-state index in [9.17, 15) is 0 Å². The molecule has 96 valence electrons. The fourth-order valence-corrected chi connectivity index (χ4v) is 1.75. The van der Waals surface area contributed by atoms with Crippen molar-refractivity contribution in [2.75, 3.05) is 0 Å². The first-order valence-electron chi connectivity index (χ1n) is 5.68. The molecule has 2 aromatic heterocycles. The number of furan rings is 1. The second-order valence-electron chi connectivity index (χ2n) is 4.24. The lowest BCUT2D eigenvalue weighted by Crippen LogP contribution is -2.12. The van der Waals surface area contributed by atoms with Crippen LogP contribution in [0.4, 0.5) is 0 Å². The number of ether oxygens (including phenoxy) is 1. The van der Waals surface area contributed by atoms with Gasteiger partial charge in [0.05, 0.1) is 18.3 Å². The SMILES string of the molecule is CC(C)Oc1cncc(C(N)c2ccc(Cl)o2)c1. The molecule has 2 heterocycles. The van der Waals surface area contributed by atoms with Crippen LogP contribution in [0.3, 0.4) is 0 Å². The van der Waals surface area contributed by atoms with Crippen molar-refractivity contribution in [3.8, 4) is 5.75 Å². The number of nitrogens with zero attached hydrogens (tertiary/aromatic N) is 1. The maximum Gasteiger partial charge on any atom is 0.193 e. The van der Waals surface area contributed by atoms with E-state index in [2.05, 4.69) is 4.98 Å². The average molecular weight is 267 g/mol. The van der Waals surface area contributed by atoms with Crippen LogP contribution in [-0.2, 0) is 0 Å². The fourth-order valence-electron chi connectivity index (χ4n) is 1.60. The minimum absolute atomic E-state index is 0.0938. The monoisotopic (exact) mass is 266 g/mol. The third-order valence-electron chi connectivity index (χ3n) is 2.37. The zero-order valence-electron chi connectivity index (χ0n) is 10.3. The first-order chi connectivity index (χ1) is 8.56. The lowest BCUT2D eigenvalue weighted by atomic mass is 10.1. The molecule has 2 N–H and O–H groups in total.